The Bertz CT molecular complexity index is 768. The number of hydrogen-bond donors (Lipinski definition) is 2. The number of hydrogen-bond acceptors (Lipinski definition) is 5. The van der Waals surface area contributed by atoms with Gasteiger partial charge >= 0.3 is 5.97 Å². The Kier molecular flexibility index (Phi) is 6.96. The van der Waals surface area contributed by atoms with E-state index >= 15 is 0 Å². The van der Waals surface area contributed by atoms with Crippen molar-refractivity contribution in [3.05, 3.63) is 29.8 Å². The van der Waals surface area contributed by atoms with Crippen LogP contribution in [0.3, 0.4) is 0 Å². The van der Waals surface area contributed by atoms with Gasteiger partial charge in [-0.3, -0.25) is 4.79 Å². The molecule has 1 saturated heterocycles. The highest BCUT2D eigenvalue weighted by Gasteiger charge is 2.32. The molecule has 0 radical (unpaired) electrons. The molecule has 3 atom stereocenters. The second-order valence-electron chi connectivity index (χ2n) is 6.76. The molecule has 1 fully saturated rings. The van der Waals surface area contributed by atoms with Crippen LogP contribution >= 0.6 is 0 Å². The van der Waals surface area contributed by atoms with E-state index in [-0.39, 0.29) is 35.8 Å². The third kappa shape index (κ3) is 5.27. The summed E-state index contributed by atoms with van der Waals surface area (Å²) in [4.78, 5) is 23.5. The van der Waals surface area contributed by atoms with Crippen LogP contribution in [0.5, 0.6) is 0 Å². The fourth-order valence-electron chi connectivity index (χ4n) is 3.04. The highest BCUT2D eigenvalue weighted by molar-refractivity contribution is 7.89. The van der Waals surface area contributed by atoms with Gasteiger partial charge in [0, 0.05) is 18.7 Å². The minimum Gasteiger partial charge on any atom is -0.480 e. The number of sulfonamides is 1. The van der Waals surface area contributed by atoms with E-state index < -0.39 is 27.9 Å². The van der Waals surface area contributed by atoms with Gasteiger partial charge in [0.2, 0.25) is 10.0 Å². The van der Waals surface area contributed by atoms with Gasteiger partial charge in [0.15, 0.2) is 0 Å². The Balaban J connectivity index is 2.14. The van der Waals surface area contributed by atoms with Crippen molar-refractivity contribution >= 4 is 21.9 Å². The number of nitrogens with zero attached hydrogens (tertiary/aromatic N) is 1. The van der Waals surface area contributed by atoms with Crippen molar-refractivity contribution in [2.45, 2.75) is 56.8 Å². The molecule has 1 heterocycles. The lowest BCUT2D eigenvalue weighted by molar-refractivity contribution is -0.139. The van der Waals surface area contributed by atoms with Crippen molar-refractivity contribution in [3.63, 3.8) is 0 Å². The number of benzene rings is 1. The lowest BCUT2D eigenvalue weighted by Gasteiger charge is -2.34. The van der Waals surface area contributed by atoms with Crippen molar-refractivity contribution < 1.29 is 27.9 Å². The molecule has 150 valence electrons. The van der Waals surface area contributed by atoms with E-state index in [2.05, 4.69) is 5.32 Å². The van der Waals surface area contributed by atoms with E-state index in [0.717, 1.165) is 0 Å². The number of aliphatic carboxylic acids is 1. The molecule has 0 bridgehead atoms. The molecule has 27 heavy (non-hydrogen) atoms. The molecule has 1 aromatic carbocycles. The predicted octanol–water partition coefficient (Wildman–Crippen LogP) is 1.47. The molecule has 0 spiro atoms. The van der Waals surface area contributed by atoms with Gasteiger partial charge in [0.25, 0.3) is 5.91 Å². The standard InChI is InChI=1S/C18H26N2O6S/c1-4-5-16(18(22)23)19-17(21)14-6-8-15(9-7-14)27(24,25)20-10-12(2)26-13(3)11-20/h6-9,12-13,16H,4-5,10-11H2,1-3H3,(H,19,21)(H,22,23). The van der Waals surface area contributed by atoms with Gasteiger partial charge in [-0.1, -0.05) is 13.3 Å². The normalized spacial score (nSPS) is 22.2. The second kappa shape index (κ2) is 8.81. The number of nitrogens with one attached hydrogen (secondary N) is 1. The second-order valence-corrected chi connectivity index (χ2v) is 8.69. The fraction of sp³-hybridized carbons (Fsp3) is 0.556. The van der Waals surface area contributed by atoms with Crippen LogP contribution in [0.25, 0.3) is 0 Å². The number of carbonyl (C=O) groups is 2. The molecule has 0 aromatic heterocycles. The highest BCUT2D eigenvalue weighted by atomic mass is 32.2. The maximum absolute atomic E-state index is 12.8. The molecule has 0 aliphatic carbocycles. The van der Waals surface area contributed by atoms with E-state index in [0.29, 0.717) is 12.8 Å². The minimum absolute atomic E-state index is 0.0868. The first-order valence-electron chi connectivity index (χ1n) is 8.94. The molecule has 2 N–H and O–H groups in total. The van der Waals surface area contributed by atoms with Gasteiger partial charge in [-0.25, -0.2) is 13.2 Å². The molecule has 1 amide bonds. The largest absolute Gasteiger partial charge is 0.480 e. The van der Waals surface area contributed by atoms with Crippen LogP contribution in [-0.2, 0) is 19.6 Å². The number of carbonyl (C=O) groups excluding carboxylic acids is 1. The van der Waals surface area contributed by atoms with Crippen molar-refractivity contribution in [1.82, 2.24) is 9.62 Å². The number of morpholine rings is 1. The third-order valence-corrected chi connectivity index (χ3v) is 6.17. The topological polar surface area (TPSA) is 113 Å². The lowest BCUT2D eigenvalue weighted by atomic mass is 10.1. The summed E-state index contributed by atoms with van der Waals surface area (Å²) < 4.78 is 32.6. The van der Waals surface area contributed by atoms with Crippen LogP contribution in [0.4, 0.5) is 0 Å². The van der Waals surface area contributed by atoms with Gasteiger partial charge < -0.3 is 15.2 Å². The molecule has 1 aliphatic heterocycles. The van der Waals surface area contributed by atoms with Crippen LogP contribution in [0, 0.1) is 0 Å². The predicted molar refractivity (Wildman–Crippen MR) is 99.0 cm³/mol. The monoisotopic (exact) mass is 398 g/mol. The number of rotatable bonds is 7. The molecule has 9 heteroatoms. The molecule has 3 unspecified atom stereocenters. The molecular weight excluding hydrogens is 372 g/mol. The van der Waals surface area contributed by atoms with Gasteiger partial charge in [-0.2, -0.15) is 4.31 Å². The average molecular weight is 398 g/mol. The maximum atomic E-state index is 12.8. The van der Waals surface area contributed by atoms with Crippen LogP contribution in [0.2, 0.25) is 0 Å². The van der Waals surface area contributed by atoms with E-state index in [1.807, 2.05) is 20.8 Å². The van der Waals surface area contributed by atoms with E-state index in [1.165, 1.54) is 28.6 Å². The van der Waals surface area contributed by atoms with Crippen molar-refractivity contribution in [2.75, 3.05) is 13.1 Å². The molecule has 1 aliphatic rings. The van der Waals surface area contributed by atoms with Gasteiger partial charge in [0.1, 0.15) is 6.04 Å². The first-order valence-corrected chi connectivity index (χ1v) is 10.4. The van der Waals surface area contributed by atoms with E-state index in [4.69, 9.17) is 9.84 Å². The Morgan fingerprint density at radius 3 is 2.26 bits per heavy atom. The minimum atomic E-state index is -3.69. The van der Waals surface area contributed by atoms with Crippen LogP contribution in [0.1, 0.15) is 44.0 Å². The fourth-order valence-corrected chi connectivity index (χ4v) is 4.63. The quantitative estimate of drug-likeness (QED) is 0.719. The first kappa shape index (κ1) is 21.3. The zero-order valence-corrected chi connectivity index (χ0v) is 16.5. The molecule has 0 saturated carbocycles. The number of carboxylic acids is 1. The Hall–Kier alpha value is -1.97. The third-order valence-electron chi connectivity index (χ3n) is 4.32. The molecule has 1 aromatic rings. The van der Waals surface area contributed by atoms with Crippen molar-refractivity contribution in [1.29, 1.82) is 0 Å². The summed E-state index contributed by atoms with van der Waals surface area (Å²) in [6.45, 7) is 6.01. The zero-order chi connectivity index (χ0) is 20.2. The summed E-state index contributed by atoms with van der Waals surface area (Å²) in [7, 11) is -3.69. The molecular formula is C18H26N2O6S. The lowest BCUT2D eigenvalue weighted by Crippen LogP contribution is -2.48. The number of amides is 1. The smallest absolute Gasteiger partial charge is 0.326 e. The first-order chi connectivity index (χ1) is 12.6. The van der Waals surface area contributed by atoms with E-state index in [9.17, 15) is 18.0 Å². The van der Waals surface area contributed by atoms with Crippen molar-refractivity contribution in [2.24, 2.45) is 0 Å². The summed E-state index contributed by atoms with van der Waals surface area (Å²) in [6, 6.07) is 4.54. The summed E-state index contributed by atoms with van der Waals surface area (Å²) in [5.41, 5.74) is 0.208. The molecule has 2 rings (SSSR count). The Labute approximate surface area is 159 Å². The van der Waals surface area contributed by atoms with Gasteiger partial charge in [0.05, 0.1) is 17.1 Å². The van der Waals surface area contributed by atoms with E-state index in [1.54, 1.807) is 0 Å². The van der Waals surface area contributed by atoms with Crippen LogP contribution < -0.4 is 5.32 Å². The summed E-state index contributed by atoms with van der Waals surface area (Å²) >= 11 is 0. The zero-order valence-electron chi connectivity index (χ0n) is 15.7. The summed E-state index contributed by atoms with van der Waals surface area (Å²) in [6.07, 6.45) is 0.548. The van der Waals surface area contributed by atoms with Crippen molar-refractivity contribution in [3.8, 4) is 0 Å². The SMILES string of the molecule is CCCC(NC(=O)c1ccc(S(=O)(=O)N2CC(C)OC(C)C2)cc1)C(=O)O. The highest BCUT2D eigenvalue weighted by Crippen LogP contribution is 2.21. The van der Waals surface area contributed by atoms with Gasteiger partial charge in [-0.15, -0.1) is 0 Å². The molecule has 8 nitrogen and oxygen atoms in total. The van der Waals surface area contributed by atoms with Crippen LogP contribution in [-0.4, -0.2) is 61.0 Å². The maximum Gasteiger partial charge on any atom is 0.326 e. The average Bonchev–Trinajstić information content (AvgIpc) is 2.60. The number of ether oxygens (including phenoxy) is 1. The Morgan fingerprint density at radius 1 is 1.22 bits per heavy atom. The Morgan fingerprint density at radius 2 is 1.78 bits per heavy atom. The number of carboxylic acid groups (broad SMARTS) is 1. The summed E-state index contributed by atoms with van der Waals surface area (Å²) in [5, 5.41) is 11.6. The summed E-state index contributed by atoms with van der Waals surface area (Å²) in [5.74, 6) is -1.65. The van der Waals surface area contributed by atoms with Gasteiger partial charge in [-0.05, 0) is 44.5 Å². The van der Waals surface area contributed by atoms with Crippen LogP contribution in [0.15, 0.2) is 29.2 Å².